The summed E-state index contributed by atoms with van der Waals surface area (Å²) in [5.41, 5.74) is 3.51. The standard InChI is InChI=1S/C20H22N4O2/c1-13(26-18-5-4-10-21-12-18)11-22-20(25)17-8-6-16(7-9-17)19-14(2)23-15(3)24-19/h4-10,12-13H,11H2,1-3H3,(H,22,25)(H,23,24)/t13-/m1/s1. The van der Waals surface area contributed by atoms with Crippen LogP contribution in [0.5, 0.6) is 5.75 Å². The number of nitrogens with one attached hydrogen (secondary N) is 2. The van der Waals surface area contributed by atoms with Gasteiger partial charge in [-0.15, -0.1) is 0 Å². The molecule has 6 nitrogen and oxygen atoms in total. The van der Waals surface area contributed by atoms with Gasteiger partial charge < -0.3 is 15.0 Å². The van der Waals surface area contributed by atoms with Gasteiger partial charge in [-0.3, -0.25) is 9.78 Å². The van der Waals surface area contributed by atoms with Crippen LogP contribution in [0.3, 0.4) is 0 Å². The number of aromatic nitrogens is 3. The highest BCUT2D eigenvalue weighted by Gasteiger charge is 2.11. The molecule has 0 spiro atoms. The summed E-state index contributed by atoms with van der Waals surface area (Å²) in [5.74, 6) is 1.43. The third-order valence-electron chi connectivity index (χ3n) is 3.95. The van der Waals surface area contributed by atoms with Gasteiger partial charge in [-0.2, -0.15) is 0 Å². The Morgan fingerprint density at radius 1 is 1.23 bits per heavy atom. The Kier molecular flexibility index (Phi) is 5.31. The third-order valence-corrected chi connectivity index (χ3v) is 3.95. The lowest BCUT2D eigenvalue weighted by Gasteiger charge is -2.15. The molecule has 1 amide bonds. The first-order valence-corrected chi connectivity index (χ1v) is 8.51. The molecule has 3 rings (SSSR count). The average molecular weight is 350 g/mol. The van der Waals surface area contributed by atoms with E-state index in [1.807, 2.05) is 45.0 Å². The SMILES string of the molecule is Cc1nc(-c2ccc(C(=O)NC[C@@H](C)Oc3cccnc3)cc2)c(C)[nH]1. The maximum Gasteiger partial charge on any atom is 0.251 e. The summed E-state index contributed by atoms with van der Waals surface area (Å²) in [5, 5.41) is 2.89. The summed E-state index contributed by atoms with van der Waals surface area (Å²) >= 11 is 0. The van der Waals surface area contributed by atoms with Crippen molar-refractivity contribution in [1.29, 1.82) is 0 Å². The van der Waals surface area contributed by atoms with Gasteiger partial charge in [0.25, 0.3) is 5.91 Å². The van der Waals surface area contributed by atoms with Crippen molar-refractivity contribution in [1.82, 2.24) is 20.3 Å². The maximum absolute atomic E-state index is 12.3. The first-order chi connectivity index (χ1) is 12.5. The van der Waals surface area contributed by atoms with Crippen LogP contribution >= 0.6 is 0 Å². The minimum Gasteiger partial charge on any atom is -0.487 e. The van der Waals surface area contributed by atoms with Crippen LogP contribution in [0.15, 0.2) is 48.8 Å². The van der Waals surface area contributed by atoms with Crippen LogP contribution in [-0.2, 0) is 0 Å². The molecule has 0 saturated heterocycles. The van der Waals surface area contributed by atoms with Gasteiger partial charge >= 0.3 is 0 Å². The number of rotatable bonds is 6. The first-order valence-electron chi connectivity index (χ1n) is 8.51. The molecule has 2 heterocycles. The van der Waals surface area contributed by atoms with E-state index in [0.29, 0.717) is 17.9 Å². The number of imidazole rings is 1. The molecule has 26 heavy (non-hydrogen) atoms. The Bertz CT molecular complexity index is 873. The second-order valence-corrected chi connectivity index (χ2v) is 6.20. The normalized spacial score (nSPS) is 11.8. The van der Waals surface area contributed by atoms with Crippen LogP contribution in [0.2, 0.25) is 0 Å². The molecule has 3 aromatic rings. The van der Waals surface area contributed by atoms with E-state index in [-0.39, 0.29) is 12.0 Å². The number of H-pyrrole nitrogens is 1. The van der Waals surface area contributed by atoms with E-state index in [9.17, 15) is 4.79 Å². The Labute approximate surface area is 152 Å². The van der Waals surface area contributed by atoms with Gasteiger partial charge in [0.15, 0.2) is 0 Å². The van der Waals surface area contributed by atoms with Crippen LogP contribution in [0, 0.1) is 13.8 Å². The molecule has 134 valence electrons. The van der Waals surface area contributed by atoms with Crippen molar-refractivity contribution in [3.8, 4) is 17.0 Å². The van der Waals surface area contributed by atoms with Crippen molar-refractivity contribution in [2.45, 2.75) is 26.9 Å². The fourth-order valence-corrected chi connectivity index (χ4v) is 2.70. The Balaban J connectivity index is 1.57. The largest absolute Gasteiger partial charge is 0.487 e. The Hall–Kier alpha value is -3.15. The number of amides is 1. The number of carbonyl (C=O) groups excluding carboxylic acids is 1. The zero-order chi connectivity index (χ0) is 18.5. The highest BCUT2D eigenvalue weighted by atomic mass is 16.5. The topological polar surface area (TPSA) is 79.9 Å². The van der Waals surface area contributed by atoms with Gasteiger partial charge in [-0.1, -0.05) is 12.1 Å². The summed E-state index contributed by atoms with van der Waals surface area (Å²) < 4.78 is 5.70. The summed E-state index contributed by atoms with van der Waals surface area (Å²) in [4.78, 5) is 24.0. The summed E-state index contributed by atoms with van der Waals surface area (Å²) in [6, 6.07) is 11.1. The van der Waals surface area contributed by atoms with Crippen molar-refractivity contribution < 1.29 is 9.53 Å². The van der Waals surface area contributed by atoms with Gasteiger partial charge in [0.2, 0.25) is 0 Å². The number of ether oxygens (including phenoxy) is 1. The van der Waals surface area contributed by atoms with E-state index in [0.717, 1.165) is 22.8 Å². The minimum absolute atomic E-state index is 0.131. The second-order valence-electron chi connectivity index (χ2n) is 6.20. The van der Waals surface area contributed by atoms with Crippen molar-refractivity contribution in [2.75, 3.05) is 6.54 Å². The van der Waals surface area contributed by atoms with E-state index in [1.54, 1.807) is 24.5 Å². The molecule has 6 heteroatoms. The van der Waals surface area contributed by atoms with E-state index in [2.05, 4.69) is 20.3 Å². The van der Waals surface area contributed by atoms with Gasteiger partial charge in [0.05, 0.1) is 18.4 Å². The van der Waals surface area contributed by atoms with Crippen LogP contribution < -0.4 is 10.1 Å². The Morgan fingerprint density at radius 3 is 2.62 bits per heavy atom. The van der Waals surface area contributed by atoms with Crippen molar-refractivity contribution >= 4 is 5.91 Å². The monoisotopic (exact) mass is 350 g/mol. The fraction of sp³-hybridized carbons (Fsp3) is 0.250. The van der Waals surface area contributed by atoms with Crippen LogP contribution in [0.4, 0.5) is 0 Å². The lowest BCUT2D eigenvalue weighted by Crippen LogP contribution is -2.33. The van der Waals surface area contributed by atoms with E-state index < -0.39 is 0 Å². The highest BCUT2D eigenvalue weighted by Crippen LogP contribution is 2.21. The molecule has 2 N–H and O–H groups in total. The second kappa shape index (κ2) is 7.82. The fourth-order valence-electron chi connectivity index (χ4n) is 2.70. The minimum atomic E-state index is -0.155. The van der Waals surface area contributed by atoms with Crippen molar-refractivity contribution in [2.24, 2.45) is 0 Å². The van der Waals surface area contributed by atoms with E-state index in [4.69, 9.17) is 4.74 Å². The molecule has 0 unspecified atom stereocenters. The smallest absolute Gasteiger partial charge is 0.251 e. The number of carbonyl (C=O) groups is 1. The molecular formula is C20H22N4O2. The number of hydrogen-bond acceptors (Lipinski definition) is 4. The number of nitrogens with zero attached hydrogens (tertiary/aromatic N) is 2. The van der Waals surface area contributed by atoms with E-state index >= 15 is 0 Å². The van der Waals surface area contributed by atoms with Gasteiger partial charge in [-0.05, 0) is 45.0 Å². The number of aromatic amines is 1. The highest BCUT2D eigenvalue weighted by molar-refractivity contribution is 5.94. The zero-order valence-corrected chi connectivity index (χ0v) is 15.1. The van der Waals surface area contributed by atoms with Crippen LogP contribution in [0.25, 0.3) is 11.3 Å². The summed E-state index contributed by atoms with van der Waals surface area (Å²) in [6.45, 7) is 6.22. The lowest BCUT2D eigenvalue weighted by atomic mass is 10.1. The lowest BCUT2D eigenvalue weighted by molar-refractivity contribution is 0.0932. The molecule has 0 radical (unpaired) electrons. The molecular weight excluding hydrogens is 328 g/mol. The molecule has 0 aliphatic rings. The van der Waals surface area contributed by atoms with Crippen molar-refractivity contribution in [3.05, 3.63) is 65.9 Å². The zero-order valence-electron chi connectivity index (χ0n) is 15.1. The first kappa shape index (κ1) is 17.7. The molecule has 0 aliphatic heterocycles. The molecule has 1 aromatic carbocycles. The quantitative estimate of drug-likeness (QED) is 0.715. The number of hydrogen-bond donors (Lipinski definition) is 2. The van der Waals surface area contributed by atoms with Gasteiger partial charge in [0.1, 0.15) is 17.7 Å². The van der Waals surface area contributed by atoms with Gasteiger partial charge in [0, 0.05) is 23.0 Å². The predicted octanol–water partition coefficient (Wildman–Crippen LogP) is 3.29. The Morgan fingerprint density at radius 2 is 2.00 bits per heavy atom. The van der Waals surface area contributed by atoms with Crippen LogP contribution in [0.1, 0.15) is 28.8 Å². The average Bonchev–Trinajstić information content (AvgIpc) is 2.99. The molecule has 0 saturated carbocycles. The summed E-state index contributed by atoms with van der Waals surface area (Å²) in [7, 11) is 0. The summed E-state index contributed by atoms with van der Waals surface area (Å²) in [6.07, 6.45) is 3.18. The predicted molar refractivity (Wildman–Crippen MR) is 100 cm³/mol. The number of pyridine rings is 1. The molecule has 0 aliphatic carbocycles. The molecule has 0 bridgehead atoms. The number of benzene rings is 1. The molecule has 2 aromatic heterocycles. The number of aryl methyl sites for hydroxylation is 2. The van der Waals surface area contributed by atoms with Gasteiger partial charge in [-0.25, -0.2) is 4.98 Å². The van der Waals surface area contributed by atoms with Crippen LogP contribution in [-0.4, -0.2) is 33.5 Å². The molecule has 0 fully saturated rings. The molecule has 1 atom stereocenters. The maximum atomic E-state index is 12.3. The van der Waals surface area contributed by atoms with Crippen molar-refractivity contribution in [3.63, 3.8) is 0 Å². The van der Waals surface area contributed by atoms with E-state index in [1.165, 1.54) is 0 Å². The third kappa shape index (κ3) is 4.27.